The van der Waals surface area contributed by atoms with Crippen LogP contribution in [0.4, 0.5) is 11.4 Å². The number of amides is 1. The molecular formula is C21H30IN7O2. The molecule has 10 heteroatoms. The molecule has 3 heterocycles. The van der Waals surface area contributed by atoms with E-state index < -0.39 is 0 Å². The normalized spacial score (nSPS) is 17.5. The number of aromatic nitrogens is 2. The molecule has 4 rings (SSSR count). The molecule has 0 atom stereocenters. The Balaban J connectivity index is 0.00000272. The Kier molecular flexibility index (Phi) is 8.13. The number of hydrogen-bond acceptors (Lipinski definition) is 5. The number of piperazine rings is 1. The van der Waals surface area contributed by atoms with Gasteiger partial charge in [-0.25, -0.2) is 0 Å². The van der Waals surface area contributed by atoms with E-state index in [1.54, 1.807) is 22.8 Å². The first-order valence-corrected chi connectivity index (χ1v) is 10.3. The molecule has 0 unspecified atom stereocenters. The SMILES string of the molecule is CN=C(NCc1ccc(N2CCOCC2)cc1)N1CCN(c2cnn(C)c2)C(=O)C1.I. The summed E-state index contributed by atoms with van der Waals surface area (Å²) in [6.45, 7) is 5.72. The molecule has 0 bridgehead atoms. The van der Waals surface area contributed by atoms with E-state index in [-0.39, 0.29) is 29.9 Å². The minimum absolute atomic E-state index is 0. The monoisotopic (exact) mass is 539 g/mol. The van der Waals surface area contributed by atoms with Crippen molar-refractivity contribution in [2.75, 3.05) is 62.8 Å². The van der Waals surface area contributed by atoms with Gasteiger partial charge in [0.2, 0.25) is 5.91 Å². The second kappa shape index (κ2) is 10.8. The van der Waals surface area contributed by atoms with E-state index in [1.807, 2.05) is 18.1 Å². The number of hydrogen-bond donors (Lipinski definition) is 1. The molecule has 0 spiro atoms. The molecule has 0 radical (unpaired) electrons. The van der Waals surface area contributed by atoms with Crippen molar-refractivity contribution in [1.82, 2.24) is 20.0 Å². The number of aryl methyl sites for hydroxylation is 1. The van der Waals surface area contributed by atoms with Gasteiger partial charge in [-0.1, -0.05) is 12.1 Å². The second-order valence-corrected chi connectivity index (χ2v) is 7.51. The molecule has 2 aliphatic heterocycles. The maximum absolute atomic E-state index is 12.6. The van der Waals surface area contributed by atoms with Crippen molar-refractivity contribution in [2.24, 2.45) is 12.0 Å². The predicted molar refractivity (Wildman–Crippen MR) is 132 cm³/mol. The third-order valence-electron chi connectivity index (χ3n) is 5.50. The van der Waals surface area contributed by atoms with Gasteiger partial charge in [0, 0.05) is 58.7 Å². The molecule has 9 nitrogen and oxygen atoms in total. The third kappa shape index (κ3) is 5.67. The number of nitrogens with one attached hydrogen (secondary N) is 1. The lowest BCUT2D eigenvalue weighted by molar-refractivity contribution is -0.120. The summed E-state index contributed by atoms with van der Waals surface area (Å²) in [7, 11) is 3.60. The minimum Gasteiger partial charge on any atom is -0.378 e. The van der Waals surface area contributed by atoms with Gasteiger partial charge in [-0.15, -0.1) is 24.0 Å². The Morgan fingerprint density at radius 1 is 1.13 bits per heavy atom. The van der Waals surface area contributed by atoms with Gasteiger partial charge in [0.15, 0.2) is 5.96 Å². The molecule has 31 heavy (non-hydrogen) atoms. The smallest absolute Gasteiger partial charge is 0.246 e. The molecule has 0 aliphatic carbocycles. The minimum atomic E-state index is 0. The van der Waals surface area contributed by atoms with Crippen LogP contribution in [0.15, 0.2) is 41.7 Å². The molecule has 0 saturated carbocycles. The van der Waals surface area contributed by atoms with Crippen LogP contribution < -0.4 is 15.1 Å². The van der Waals surface area contributed by atoms with Crippen LogP contribution in [0.25, 0.3) is 0 Å². The number of carbonyl (C=O) groups is 1. The summed E-state index contributed by atoms with van der Waals surface area (Å²) >= 11 is 0. The van der Waals surface area contributed by atoms with Gasteiger partial charge in [-0.05, 0) is 17.7 Å². The van der Waals surface area contributed by atoms with Crippen molar-refractivity contribution in [3.8, 4) is 0 Å². The van der Waals surface area contributed by atoms with Crippen LogP contribution in [-0.2, 0) is 23.1 Å². The Morgan fingerprint density at radius 2 is 1.87 bits per heavy atom. The van der Waals surface area contributed by atoms with E-state index in [0.717, 1.165) is 44.5 Å². The van der Waals surface area contributed by atoms with Gasteiger partial charge < -0.3 is 24.8 Å². The molecule has 168 valence electrons. The van der Waals surface area contributed by atoms with Crippen molar-refractivity contribution in [3.63, 3.8) is 0 Å². The summed E-state index contributed by atoms with van der Waals surface area (Å²) in [5.41, 5.74) is 3.24. The number of benzene rings is 1. The van der Waals surface area contributed by atoms with Crippen molar-refractivity contribution in [3.05, 3.63) is 42.2 Å². The van der Waals surface area contributed by atoms with E-state index in [9.17, 15) is 4.79 Å². The molecule has 2 saturated heterocycles. The fraction of sp³-hybridized carbons (Fsp3) is 0.476. The molecular weight excluding hydrogens is 509 g/mol. The zero-order valence-electron chi connectivity index (χ0n) is 18.0. The fourth-order valence-electron chi connectivity index (χ4n) is 3.83. The van der Waals surface area contributed by atoms with Gasteiger partial charge in [-0.2, -0.15) is 5.10 Å². The number of guanidine groups is 1. The van der Waals surface area contributed by atoms with Gasteiger partial charge in [0.05, 0.1) is 25.1 Å². The highest BCUT2D eigenvalue weighted by Crippen LogP contribution is 2.18. The molecule has 2 aliphatic rings. The number of rotatable bonds is 4. The standard InChI is InChI=1S/C21H29N7O2.HI/c1-22-21(27-7-8-28(20(29)16-27)19-14-24-25(2)15-19)23-13-17-3-5-18(6-4-17)26-9-11-30-12-10-26;/h3-6,14-15H,7-13,16H2,1-2H3,(H,22,23);1H. The Bertz CT molecular complexity index is 893. The summed E-state index contributed by atoms with van der Waals surface area (Å²) in [5, 5.41) is 7.55. The van der Waals surface area contributed by atoms with Crippen molar-refractivity contribution < 1.29 is 9.53 Å². The lowest BCUT2D eigenvalue weighted by atomic mass is 10.2. The van der Waals surface area contributed by atoms with Crippen molar-refractivity contribution in [1.29, 1.82) is 0 Å². The number of carbonyl (C=O) groups excluding carboxylic acids is 1. The first kappa shape index (κ1) is 23.3. The van der Waals surface area contributed by atoms with E-state index in [1.165, 1.54) is 11.3 Å². The van der Waals surface area contributed by atoms with Gasteiger partial charge in [-0.3, -0.25) is 14.5 Å². The lowest BCUT2D eigenvalue weighted by Crippen LogP contribution is -2.55. The number of halogens is 1. The topological polar surface area (TPSA) is 78.2 Å². The fourth-order valence-corrected chi connectivity index (χ4v) is 3.83. The number of ether oxygens (including phenoxy) is 1. The first-order chi connectivity index (χ1) is 14.6. The van der Waals surface area contributed by atoms with E-state index in [4.69, 9.17) is 4.74 Å². The maximum Gasteiger partial charge on any atom is 0.246 e. The number of nitrogens with zero attached hydrogens (tertiary/aromatic N) is 6. The maximum atomic E-state index is 12.6. The van der Waals surface area contributed by atoms with Gasteiger partial charge in [0.1, 0.15) is 6.54 Å². The molecule has 2 aromatic rings. The quantitative estimate of drug-likeness (QED) is 0.359. The van der Waals surface area contributed by atoms with Crippen molar-refractivity contribution in [2.45, 2.75) is 6.54 Å². The zero-order valence-corrected chi connectivity index (χ0v) is 20.4. The van der Waals surface area contributed by atoms with Gasteiger partial charge >= 0.3 is 0 Å². The highest BCUT2D eigenvalue weighted by molar-refractivity contribution is 14.0. The van der Waals surface area contributed by atoms with Crippen molar-refractivity contribution >= 4 is 47.2 Å². The number of morpholine rings is 1. The molecule has 2 fully saturated rings. The number of aliphatic imine (C=N–C) groups is 1. The molecule has 1 aromatic heterocycles. The third-order valence-corrected chi connectivity index (χ3v) is 5.50. The Morgan fingerprint density at radius 3 is 2.48 bits per heavy atom. The summed E-state index contributed by atoms with van der Waals surface area (Å²) in [5.74, 6) is 0.790. The van der Waals surface area contributed by atoms with Crippen LogP contribution in [0.1, 0.15) is 5.56 Å². The van der Waals surface area contributed by atoms with Crippen LogP contribution in [-0.4, -0.2) is 79.5 Å². The van der Waals surface area contributed by atoms with Crippen LogP contribution in [0.2, 0.25) is 0 Å². The van der Waals surface area contributed by atoms with E-state index >= 15 is 0 Å². The summed E-state index contributed by atoms with van der Waals surface area (Å²) in [6.07, 6.45) is 3.59. The van der Waals surface area contributed by atoms with Crippen LogP contribution in [0.5, 0.6) is 0 Å². The largest absolute Gasteiger partial charge is 0.378 e. The average molecular weight is 539 g/mol. The Hall–Kier alpha value is -2.34. The summed E-state index contributed by atoms with van der Waals surface area (Å²) < 4.78 is 7.13. The summed E-state index contributed by atoms with van der Waals surface area (Å²) in [6, 6.07) is 8.58. The highest BCUT2D eigenvalue weighted by atomic mass is 127. The van der Waals surface area contributed by atoms with E-state index in [0.29, 0.717) is 19.6 Å². The van der Waals surface area contributed by atoms with Gasteiger partial charge in [0.25, 0.3) is 0 Å². The first-order valence-electron chi connectivity index (χ1n) is 10.3. The number of anilines is 2. The molecule has 1 amide bonds. The van der Waals surface area contributed by atoms with Crippen LogP contribution >= 0.6 is 24.0 Å². The summed E-state index contributed by atoms with van der Waals surface area (Å²) in [4.78, 5) is 23.1. The second-order valence-electron chi connectivity index (χ2n) is 7.51. The molecule has 1 N–H and O–H groups in total. The lowest BCUT2D eigenvalue weighted by Gasteiger charge is -2.35. The van der Waals surface area contributed by atoms with Crippen LogP contribution in [0, 0.1) is 0 Å². The molecule has 1 aromatic carbocycles. The average Bonchev–Trinajstić information content (AvgIpc) is 3.21. The van der Waals surface area contributed by atoms with E-state index in [2.05, 4.69) is 44.6 Å². The van der Waals surface area contributed by atoms with Crippen LogP contribution in [0.3, 0.4) is 0 Å². The predicted octanol–water partition coefficient (Wildman–Crippen LogP) is 1.30. The zero-order chi connectivity index (χ0) is 20.9. The Labute approximate surface area is 200 Å². The highest BCUT2D eigenvalue weighted by Gasteiger charge is 2.27.